The first-order valence-electron chi connectivity index (χ1n) is 7.88. The number of nitrogens with one attached hydrogen (secondary N) is 1. The van der Waals surface area contributed by atoms with Gasteiger partial charge in [0.15, 0.2) is 0 Å². The molecule has 1 aromatic carbocycles. The first-order valence-corrected chi connectivity index (χ1v) is 9.41. The highest BCUT2D eigenvalue weighted by Gasteiger charge is 2.28. The molecule has 0 amide bonds. The van der Waals surface area contributed by atoms with E-state index in [4.69, 9.17) is 11.6 Å². The SMILES string of the molecule is CCCNC(Cc1ccc(C)cc1Cl)C1CSCCN1C. The van der Waals surface area contributed by atoms with Gasteiger partial charge < -0.3 is 10.2 Å². The molecule has 0 spiro atoms. The fourth-order valence-corrected chi connectivity index (χ4v) is 4.48. The second-order valence-corrected chi connectivity index (χ2v) is 7.54. The molecule has 2 rings (SSSR count). The highest BCUT2D eigenvalue weighted by Crippen LogP contribution is 2.23. The number of hydrogen-bond donors (Lipinski definition) is 1. The zero-order valence-electron chi connectivity index (χ0n) is 13.4. The Morgan fingerprint density at radius 1 is 1.48 bits per heavy atom. The molecule has 1 aliphatic rings. The largest absolute Gasteiger partial charge is 0.312 e. The maximum atomic E-state index is 6.44. The van der Waals surface area contributed by atoms with Crippen molar-refractivity contribution in [2.75, 3.05) is 31.6 Å². The van der Waals surface area contributed by atoms with Gasteiger partial charge in [-0.3, -0.25) is 0 Å². The van der Waals surface area contributed by atoms with E-state index in [2.05, 4.69) is 61.1 Å². The predicted molar refractivity (Wildman–Crippen MR) is 95.7 cm³/mol. The third-order valence-corrected chi connectivity index (χ3v) is 5.61. The lowest BCUT2D eigenvalue weighted by atomic mass is 9.98. The number of halogens is 1. The molecule has 0 aromatic heterocycles. The molecule has 0 aliphatic carbocycles. The minimum absolute atomic E-state index is 0.475. The van der Waals surface area contributed by atoms with E-state index in [1.807, 2.05) is 0 Å². The third-order valence-electron chi connectivity index (χ3n) is 4.21. The van der Waals surface area contributed by atoms with Crippen molar-refractivity contribution < 1.29 is 0 Å². The van der Waals surface area contributed by atoms with Crippen molar-refractivity contribution in [2.24, 2.45) is 0 Å². The van der Waals surface area contributed by atoms with E-state index in [1.54, 1.807) is 0 Å². The second kappa shape index (κ2) is 8.42. The highest BCUT2D eigenvalue weighted by molar-refractivity contribution is 7.99. The maximum Gasteiger partial charge on any atom is 0.0441 e. The topological polar surface area (TPSA) is 15.3 Å². The number of likely N-dealkylation sites (N-methyl/N-ethyl adjacent to an activating group) is 1. The van der Waals surface area contributed by atoms with Crippen LogP contribution in [0.2, 0.25) is 5.02 Å². The van der Waals surface area contributed by atoms with Crippen LogP contribution < -0.4 is 5.32 Å². The zero-order chi connectivity index (χ0) is 15.2. The molecule has 2 unspecified atom stereocenters. The third kappa shape index (κ3) is 4.88. The molecular formula is C17H27ClN2S. The number of rotatable bonds is 6. The van der Waals surface area contributed by atoms with Crippen LogP contribution in [0.25, 0.3) is 0 Å². The quantitative estimate of drug-likeness (QED) is 0.859. The summed E-state index contributed by atoms with van der Waals surface area (Å²) in [7, 11) is 2.25. The van der Waals surface area contributed by atoms with Crippen molar-refractivity contribution in [2.45, 2.75) is 38.8 Å². The predicted octanol–water partition coefficient (Wildman–Crippen LogP) is 3.61. The van der Waals surface area contributed by atoms with Crippen LogP contribution in [0.1, 0.15) is 24.5 Å². The van der Waals surface area contributed by atoms with Crippen LogP contribution in [-0.2, 0) is 6.42 Å². The van der Waals surface area contributed by atoms with E-state index in [0.717, 1.165) is 18.0 Å². The van der Waals surface area contributed by atoms with Gasteiger partial charge in [0.25, 0.3) is 0 Å². The summed E-state index contributed by atoms with van der Waals surface area (Å²) in [6.07, 6.45) is 2.18. The van der Waals surface area contributed by atoms with E-state index < -0.39 is 0 Å². The average Bonchev–Trinajstić information content (AvgIpc) is 2.46. The summed E-state index contributed by atoms with van der Waals surface area (Å²) in [5.41, 5.74) is 2.49. The lowest BCUT2D eigenvalue weighted by Gasteiger charge is -2.38. The summed E-state index contributed by atoms with van der Waals surface area (Å²) in [6.45, 7) is 6.57. The van der Waals surface area contributed by atoms with Crippen LogP contribution in [0.4, 0.5) is 0 Å². The molecule has 4 heteroatoms. The Labute approximate surface area is 138 Å². The molecule has 0 radical (unpaired) electrons. The monoisotopic (exact) mass is 326 g/mol. The van der Waals surface area contributed by atoms with Gasteiger partial charge in [-0.15, -0.1) is 0 Å². The number of hydrogen-bond acceptors (Lipinski definition) is 3. The lowest BCUT2D eigenvalue weighted by molar-refractivity contribution is 0.213. The molecule has 1 heterocycles. The molecule has 2 atom stereocenters. The van der Waals surface area contributed by atoms with Crippen LogP contribution in [0.5, 0.6) is 0 Å². The fourth-order valence-electron chi connectivity index (χ4n) is 2.86. The first kappa shape index (κ1) is 17.1. The Hall–Kier alpha value is -0.220. The summed E-state index contributed by atoms with van der Waals surface area (Å²) in [5.74, 6) is 2.46. The molecule has 1 aliphatic heterocycles. The van der Waals surface area contributed by atoms with E-state index in [1.165, 1.54) is 35.6 Å². The highest BCUT2D eigenvalue weighted by atomic mass is 35.5. The van der Waals surface area contributed by atoms with Gasteiger partial charge in [-0.2, -0.15) is 11.8 Å². The molecule has 0 saturated carbocycles. The molecule has 1 fully saturated rings. The van der Waals surface area contributed by atoms with Gasteiger partial charge in [0.2, 0.25) is 0 Å². The van der Waals surface area contributed by atoms with Gasteiger partial charge >= 0.3 is 0 Å². The Bertz CT molecular complexity index is 452. The minimum atomic E-state index is 0.475. The van der Waals surface area contributed by atoms with Crippen LogP contribution in [0, 0.1) is 6.92 Å². The van der Waals surface area contributed by atoms with Crippen molar-refractivity contribution in [3.8, 4) is 0 Å². The van der Waals surface area contributed by atoms with Crippen LogP contribution in [-0.4, -0.2) is 48.6 Å². The van der Waals surface area contributed by atoms with Gasteiger partial charge in [0.1, 0.15) is 0 Å². The van der Waals surface area contributed by atoms with Crippen molar-refractivity contribution in [3.63, 3.8) is 0 Å². The number of benzene rings is 1. The molecule has 118 valence electrons. The fraction of sp³-hybridized carbons (Fsp3) is 0.647. The van der Waals surface area contributed by atoms with Crippen molar-refractivity contribution in [1.29, 1.82) is 0 Å². The summed E-state index contributed by atoms with van der Waals surface area (Å²) in [5, 5.41) is 4.65. The Morgan fingerprint density at radius 2 is 2.29 bits per heavy atom. The number of aryl methyl sites for hydroxylation is 1. The Balaban J connectivity index is 2.11. The standard InChI is InChI=1S/C17H27ClN2S/c1-4-7-19-16(17-12-21-9-8-20(17)3)11-14-6-5-13(2)10-15(14)18/h5-6,10,16-17,19H,4,7-9,11-12H2,1-3H3. The normalized spacial score (nSPS) is 21.4. The molecule has 2 nitrogen and oxygen atoms in total. The molecule has 1 aromatic rings. The van der Waals surface area contributed by atoms with Gasteiger partial charge in [-0.25, -0.2) is 0 Å². The average molecular weight is 327 g/mol. The summed E-state index contributed by atoms with van der Waals surface area (Å²) < 4.78 is 0. The number of thioether (sulfide) groups is 1. The molecule has 0 bridgehead atoms. The summed E-state index contributed by atoms with van der Waals surface area (Å²) >= 11 is 8.51. The van der Waals surface area contributed by atoms with Crippen molar-refractivity contribution in [1.82, 2.24) is 10.2 Å². The smallest absolute Gasteiger partial charge is 0.0441 e. The van der Waals surface area contributed by atoms with E-state index in [0.29, 0.717) is 12.1 Å². The molecular weight excluding hydrogens is 300 g/mol. The summed E-state index contributed by atoms with van der Waals surface area (Å²) in [4.78, 5) is 2.51. The van der Waals surface area contributed by atoms with Crippen molar-refractivity contribution in [3.05, 3.63) is 34.3 Å². The van der Waals surface area contributed by atoms with E-state index >= 15 is 0 Å². The Kier molecular flexibility index (Phi) is 6.87. The first-order chi connectivity index (χ1) is 10.1. The van der Waals surface area contributed by atoms with Gasteiger partial charge in [-0.1, -0.05) is 30.7 Å². The van der Waals surface area contributed by atoms with Gasteiger partial charge in [0, 0.05) is 35.2 Å². The lowest BCUT2D eigenvalue weighted by Crippen LogP contribution is -2.53. The van der Waals surface area contributed by atoms with Crippen molar-refractivity contribution >= 4 is 23.4 Å². The minimum Gasteiger partial charge on any atom is -0.312 e. The van der Waals surface area contributed by atoms with Crippen LogP contribution in [0.15, 0.2) is 18.2 Å². The van der Waals surface area contributed by atoms with Crippen LogP contribution in [0.3, 0.4) is 0 Å². The zero-order valence-corrected chi connectivity index (χ0v) is 14.9. The Morgan fingerprint density at radius 3 is 2.95 bits per heavy atom. The van der Waals surface area contributed by atoms with Gasteiger partial charge in [0.05, 0.1) is 0 Å². The molecule has 1 N–H and O–H groups in total. The van der Waals surface area contributed by atoms with Gasteiger partial charge in [-0.05, 0) is 50.6 Å². The second-order valence-electron chi connectivity index (χ2n) is 5.98. The summed E-state index contributed by atoms with van der Waals surface area (Å²) in [6, 6.07) is 7.49. The van der Waals surface area contributed by atoms with Crippen LogP contribution >= 0.6 is 23.4 Å². The maximum absolute atomic E-state index is 6.44. The molecule has 1 saturated heterocycles. The molecule has 21 heavy (non-hydrogen) atoms. The van der Waals surface area contributed by atoms with E-state index in [9.17, 15) is 0 Å². The van der Waals surface area contributed by atoms with E-state index in [-0.39, 0.29) is 0 Å². The number of nitrogens with zero attached hydrogens (tertiary/aromatic N) is 1.